The van der Waals surface area contributed by atoms with Gasteiger partial charge in [-0.2, -0.15) is 0 Å². The number of nitrogens with two attached hydrogens (primary N) is 2. The van der Waals surface area contributed by atoms with Crippen molar-refractivity contribution in [2.45, 2.75) is 102 Å². The number of hydrogen-bond donors (Lipinski definition) is 2. The number of ether oxygens (including phenoxy) is 2. The van der Waals surface area contributed by atoms with Gasteiger partial charge in [0.25, 0.3) is 0 Å². The lowest BCUT2D eigenvalue weighted by atomic mass is 9.60. The molecule has 248 valence electrons. The molecule has 0 atom stereocenters. The van der Waals surface area contributed by atoms with Crippen LogP contribution < -0.4 is 20.9 Å². The van der Waals surface area contributed by atoms with E-state index in [-0.39, 0.29) is 5.41 Å². The molecule has 0 aromatic heterocycles. The first-order chi connectivity index (χ1) is 23.0. The molecule has 0 spiro atoms. The molecule has 0 radical (unpaired) electrons. The average molecular weight is 631 g/mol. The quantitative estimate of drug-likeness (QED) is 0.114. The van der Waals surface area contributed by atoms with Crippen LogP contribution in [0.15, 0.2) is 97.1 Å². The SMILES string of the molecule is CCCCCCC[C@H]1CC[C@H](C2CCC(c3ccc(Oc4cccc(N)c4)cc3)(c3ccc(Oc4cccc(N)c4)cc3)CC2)CC1. The molecule has 0 unspecified atom stereocenters. The standard InChI is InChI=1S/C43H54N2O2/c1-2-3-4-5-6-9-32-14-16-33(17-15-32)34-26-28-43(29-27-34,35-18-22-39(23-19-35)46-41-12-7-10-37(44)30-41)36-20-24-40(25-21-36)47-42-13-8-11-38(45)31-42/h7-8,10-13,18-25,30-34H,2-6,9,14-17,26-29,44-45H2,1H3/t32-,33-. The second kappa shape index (κ2) is 15.8. The molecule has 0 heterocycles. The van der Waals surface area contributed by atoms with Crippen molar-refractivity contribution in [1.82, 2.24) is 0 Å². The normalized spacial score (nSPS) is 19.7. The molecule has 4 N–H and O–H groups in total. The number of nitrogen functional groups attached to an aromatic ring is 2. The van der Waals surface area contributed by atoms with E-state index in [0.29, 0.717) is 11.4 Å². The molecule has 4 aromatic rings. The van der Waals surface area contributed by atoms with E-state index >= 15 is 0 Å². The van der Waals surface area contributed by atoms with Gasteiger partial charge in [-0.1, -0.05) is 94.7 Å². The molecular weight excluding hydrogens is 576 g/mol. The summed E-state index contributed by atoms with van der Waals surface area (Å²) in [5, 5.41) is 0. The summed E-state index contributed by atoms with van der Waals surface area (Å²) in [6.07, 6.45) is 19.2. The van der Waals surface area contributed by atoms with Gasteiger partial charge in [-0.05, 0) is 116 Å². The summed E-state index contributed by atoms with van der Waals surface area (Å²) >= 11 is 0. The second-order valence-electron chi connectivity index (χ2n) is 14.3. The topological polar surface area (TPSA) is 70.5 Å². The number of rotatable bonds is 13. The highest BCUT2D eigenvalue weighted by Crippen LogP contribution is 2.51. The average Bonchev–Trinajstić information content (AvgIpc) is 3.09. The lowest BCUT2D eigenvalue weighted by Crippen LogP contribution is -2.35. The van der Waals surface area contributed by atoms with Gasteiger partial charge in [0.05, 0.1) is 0 Å². The van der Waals surface area contributed by atoms with Crippen LogP contribution in [0.4, 0.5) is 11.4 Å². The highest BCUT2D eigenvalue weighted by atomic mass is 16.5. The van der Waals surface area contributed by atoms with E-state index in [9.17, 15) is 0 Å². The van der Waals surface area contributed by atoms with Gasteiger partial charge >= 0.3 is 0 Å². The van der Waals surface area contributed by atoms with Crippen LogP contribution in [0.5, 0.6) is 23.0 Å². The van der Waals surface area contributed by atoms with Crippen LogP contribution >= 0.6 is 0 Å². The molecule has 4 heteroatoms. The minimum atomic E-state index is -0.0302. The van der Waals surface area contributed by atoms with Crippen LogP contribution in [-0.4, -0.2) is 0 Å². The first kappa shape index (κ1) is 33.0. The number of unbranched alkanes of at least 4 members (excludes halogenated alkanes) is 4. The van der Waals surface area contributed by atoms with Gasteiger partial charge in [-0.15, -0.1) is 0 Å². The van der Waals surface area contributed by atoms with Crippen LogP contribution in [0.2, 0.25) is 0 Å². The smallest absolute Gasteiger partial charge is 0.129 e. The Kier molecular flexibility index (Phi) is 11.1. The third-order valence-corrected chi connectivity index (χ3v) is 11.2. The van der Waals surface area contributed by atoms with E-state index < -0.39 is 0 Å². The molecule has 6 rings (SSSR count). The van der Waals surface area contributed by atoms with Gasteiger partial charge in [0, 0.05) is 28.9 Å². The summed E-state index contributed by atoms with van der Waals surface area (Å²) in [6.45, 7) is 2.31. The van der Waals surface area contributed by atoms with E-state index in [1.54, 1.807) is 0 Å². The van der Waals surface area contributed by atoms with Crippen molar-refractivity contribution < 1.29 is 9.47 Å². The van der Waals surface area contributed by atoms with Gasteiger partial charge in [0.2, 0.25) is 0 Å². The summed E-state index contributed by atoms with van der Waals surface area (Å²) in [5.41, 5.74) is 16.1. The van der Waals surface area contributed by atoms with Crippen LogP contribution in [0.25, 0.3) is 0 Å². The Morgan fingerprint density at radius 2 is 1.04 bits per heavy atom. The molecule has 2 aliphatic carbocycles. The highest BCUT2D eigenvalue weighted by Gasteiger charge is 2.41. The Bertz CT molecular complexity index is 1440. The Morgan fingerprint density at radius 3 is 1.53 bits per heavy atom. The fourth-order valence-corrected chi connectivity index (χ4v) is 8.45. The van der Waals surface area contributed by atoms with Crippen molar-refractivity contribution >= 4 is 11.4 Å². The maximum atomic E-state index is 6.16. The fourth-order valence-electron chi connectivity index (χ4n) is 8.45. The largest absolute Gasteiger partial charge is 0.457 e. The van der Waals surface area contributed by atoms with Crippen LogP contribution in [0.1, 0.15) is 108 Å². The Morgan fingerprint density at radius 1 is 0.553 bits per heavy atom. The Balaban J connectivity index is 1.15. The number of anilines is 2. The van der Waals surface area contributed by atoms with E-state index in [0.717, 1.165) is 40.8 Å². The van der Waals surface area contributed by atoms with E-state index in [4.69, 9.17) is 20.9 Å². The van der Waals surface area contributed by atoms with Crippen molar-refractivity contribution in [3.05, 3.63) is 108 Å². The van der Waals surface area contributed by atoms with Crippen molar-refractivity contribution in [3.63, 3.8) is 0 Å². The predicted molar refractivity (Wildman–Crippen MR) is 196 cm³/mol. The monoisotopic (exact) mass is 630 g/mol. The zero-order chi connectivity index (χ0) is 32.5. The maximum absolute atomic E-state index is 6.16. The molecular formula is C43H54N2O2. The summed E-state index contributed by atoms with van der Waals surface area (Å²) in [6, 6.07) is 32.8. The number of hydrogen-bond acceptors (Lipinski definition) is 4. The molecule has 2 aliphatic rings. The van der Waals surface area contributed by atoms with Crippen molar-refractivity contribution in [2.24, 2.45) is 17.8 Å². The third kappa shape index (κ3) is 8.52. The molecule has 0 amide bonds. The summed E-state index contributed by atoms with van der Waals surface area (Å²) in [5.74, 6) is 5.88. The molecule has 0 aliphatic heterocycles. The first-order valence-corrected chi connectivity index (χ1v) is 18.3. The summed E-state index contributed by atoms with van der Waals surface area (Å²) in [4.78, 5) is 0. The van der Waals surface area contributed by atoms with E-state index in [1.165, 1.54) is 101 Å². The molecule has 0 bridgehead atoms. The van der Waals surface area contributed by atoms with Gasteiger partial charge in [0.15, 0.2) is 0 Å². The molecule has 4 nitrogen and oxygen atoms in total. The molecule has 2 saturated carbocycles. The van der Waals surface area contributed by atoms with Crippen molar-refractivity contribution in [3.8, 4) is 23.0 Å². The first-order valence-electron chi connectivity index (χ1n) is 18.3. The zero-order valence-electron chi connectivity index (χ0n) is 28.3. The predicted octanol–water partition coefficient (Wildman–Crippen LogP) is 12.1. The van der Waals surface area contributed by atoms with Crippen LogP contribution in [-0.2, 0) is 5.41 Å². The molecule has 0 saturated heterocycles. The minimum Gasteiger partial charge on any atom is -0.457 e. The van der Waals surface area contributed by atoms with Gasteiger partial charge in [-0.25, -0.2) is 0 Å². The Labute approximate surface area is 282 Å². The van der Waals surface area contributed by atoms with E-state index in [2.05, 4.69) is 55.5 Å². The van der Waals surface area contributed by atoms with Crippen LogP contribution in [0.3, 0.4) is 0 Å². The second-order valence-corrected chi connectivity index (χ2v) is 14.3. The molecule has 47 heavy (non-hydrogen) atoms. The maximum Gasteiger partial charge on any atom is 0.129 e. The minimum absolute atomic E-state index is 0.0302. The van der Waals surface area contributed by atoms with Gasteiger partial charge in [0.1, 0.15) is 23.0 Å². The van der Waals surface area contributed by atoms with Gasteiger partial charge in [-0.3, -0.25) is 0 Å². The summed E-state index contributed by atoms with van der Waals surface area (Å²) < 4.78 is 12.3. The fraction of sp³-hybridized carbons (Fsp3) is 0.442. The lowest BCUT2D eigenvalue weighted by Gasteiger charge is -2.44. The number of benzene rings is 4. The highest BCUT2D eigenvalue weighted by molar-refractivity contribution is 5.48. The van der Waals surface area contributed by atoms with Gasteiger partial charge < -0.3 is 20.9 Å². The zero-order valence-corrected chi connectivity index (χ0v) is 28.3. The lowest BCUT2D eigenvalue weighted by molar-refractivity contribution is 0.140. The summed E-state index contributed by atoms with van der Waals surface area (Å²) in [7, 11) is 0. The molecule has 4 aromatic carbocycles. The van der Waals surface area contributed by atoms with E-state index in [1.807, 2.05) is 48.5 Å². The Hall–Kier alpha value is -3.92. The molecule has 2 fully saturated rings. The van der Waals surface area contributed by atoms with Crippen LogP contribution in [0, 0.1) is 17.8 Å². The van der Waals surface area contributed by atoms with Crippen molar-refractivity contribution in [2.75, 3.05) is 11.5 Å². The third-order valence-electron chi connectivity index (χ3n) is 11.2. The van der Waals surface area contributed by atoms with Crippen molar-refractivity contribution in [1.29, 1.82) is 0 Å².